The Morgan fingerprint density at radius 2 is 1.96 bits per heavy atom. The smallest absolute Gasteiger partial charge is 0.303 e. The van der Waals surface area contributed by atoms with E-state index in [1.54, 1.807) is 0 Å². The van der Waals surface area contributed by atoms with Gasteiger partial charge >= 0.3 is 5.97 Å². The highest BCUT2D eigenvalue weighted by atomic mass is 16.4. The largest absolute Gasteiger partial charge is 0.481 e. The van der Waals surface area contributed by atoms with Gasteiger partial charge in [-0.3, -0.25) is 9.59 Å². The van der Waals surface area contributed by atoms with Gasteiger partial charge in [-0.1, -0.05) is 12.5 Å². The molecule has 0 radical (unpaired) electrons. The molecule has 1 spiro atoms. The lowest BCUT2D eigenvalue weighted by molar-refractivity contribution is -0.155. The first-order valence-electron chi connectivity index (χ1n) is 11.5. The van der Waals surface area contributed by atoms with Gasteiger partial charge in [0, 0.05) is 12.8 Å². The van der Waals surface area contributed by atoms with Crippen molar-refractivity contribution in [1.29, 1.82) is 0 Å². The Kier molecular flexibility index (Phi) is 3.35. The summed E-state index contributed by atoms with van der Waals surface area (Å²) in [6.45, 7) is 2.29. The highest BCUT2D eigenvalue weighted by Crippen LogP contribution is 2.79. The first-order chi connectivity index (χ1) is 13.3. The maximum Gasteiger partial charge on any atom is 0.303 e. The second-order valence-corrected chi connectivity index (χ2v) is 11.3. The van der Waals surface area contributed by atoms with Crippen LogP contribution in [-0.4, -0.2) is 27.6 Å². The Morgan fingerprint density at radius 1 is 1.18 bits per heavy atom. The van der Waals surface area contributed by atoms with Crippen molar-refractivity contribution in [3.63, 3.8) is 0 Å². The second-order valence-electron chi connectivity index (χ2n) is 11.3. The normalized spacial score (nSPS) is 52.2. The quantitative estimate of drug-likeness (QED) is 0.772. The Bertz CT molecular complexity index is 794. The van der Waals surface area contributed by atoms with Gasteiger partial charge in [-0.2, -0.15) is 0 Å². The number of rotatable bonds is 3. The van der Waals surface area contributed by atoms with E-state index in [-0.39, 0.29) is 11.8 Å². The van der Waals surface area contributed by atoms with Gasteiger partial charge < -0.3 is 10.2 Å². The van der Waals surface area contributed by atoms with E-state index in [2.05, 4.69) is 6.92 Å². The summed E-state index contributed by atoms with van der Waals surface area (Å²) >= 11 is 0. The molecular formula is C24H32O4. The molecule has 152 valence electrons. The maximum absolute atomic E-state index is 12.1. The summed E-state index contributed by atoms with van der Waals surface area (Å²) in [5.74, 6) is 2.94. The minimum Gasteiger partial charge on any atom is -0.481 e. The first-order valence-corrected chi connectivity index (χ1v) is 11.5. The van der Waals surface area contributed by atoms with Crippen LogP contribution in [-0.2, 0) is 9.59 Å². The lowest BCUT2D eigenvalue weighted by Gasteiger charge is -2.59. The summed E-state index contributed by atoms with van der Waals surface area (Å²) in [5, 5.41) is 21.0. The van der Waals surface area contributed by atoms with E-state index in [1.807, 2.05) is 6.08 Å². The summed E-state index contributed by atoms with van der Waals surface area (Å²) in [7, 11) is 0. The molecule has 0 heterocycles. The number of ketones is 1. The monoisotopic (exact) mass is 384 g/mol. The summed E-state index contributed by atoms with van der Waals surface area (Å²) in [6, 6.07) is 0. The molecule has 2 N–H and O–H groups in total. The molecule has 8 atom stereocenters. The van der Waals surface area contributed by atoms with Crippen molar-refractivity contribution in [1.82, 2.24) is 0 Å². The van der Waals surface area contributed by atoms with E-state index in [0.717, 1.165) is 25.7 Å². The molecule has 0 amide bonds. The third-order valence-corrected chi connectivity index (χ3v) is 10.4. The van der Waals surface area contributed by atoms with Crippen molar-refractivity contribution in [2.45, 2.75) is 76.7 Å². The van der Waals surface area contributed by atoms with Crippen LogP contribution in [0.2, 0.25) is 0 Å². The van der Waals surface area contributed by atoms with Crippen LogP contribution in [0.1, 0.15) is 71.1 Å². The molecule has 0 bridgehead atoms. The molecule has 6 rings (SSSR count). The fourth-order valence-electron chi connectivity index (χ4n) is 9.02. The van der Waals surface area contributed by atoms with Gasteiger partial charge in [0.15, 0.2) is 5.78 Å². The Balaban J connectivity index is 1.36. The van der Waals surface area contributed by atoms with Gasteiger partial charge in [0.25, 0.3) is 0 Å². The van der Waals surface area contributed by atoms with Crippen molar-refractivity contribution in [2.75, 3.05) is 0 Å². The molecule has 5 saturated carbocycles. The number of carboxylic acid groups (broad SMARTS) is 1. The Labute approximate surface area is 166 Å². The lowest BCUT2D eigenvalue weighted by atomic mass is 9.47. The van der Waals surface area contributed by atoms with Crippen LogP contribution < -0.4 is 0 Å². The number of aliphatic carboxylic acids is 1. The molecule has 0 unspecified atom stereocenters. The third kappa shape index (κ3) is 2.06. The minimum atomic E-state index is -0.791. The molecule has 4 nitrogen and oxygen atoms in total. The van der Waals surface area contributed by atoms with Crippen molar-refractivity contribution >= 4 is 11.8 Å². The molecule has 6 aliphatic carbocycles. The average Bonchev–Trinajstić information content (AvgIpc) is 3.56. The SMILES string of the molecule is C[C@]12CC[C@H]3[C@@H](CC4(CC4)C4=CC(=O)CC[C@@H]43)[C@@H]1[C@H]1C[C@H]1[C@@]2(O)CCC(=O)O. The van der Waals surface area contributed by atoms with E-state index in [0.29, 0.717) is 59.5 Å². The van der Waals surface area contributed by atoms with E-state index < -0.39 is 11.6 Å². The van der Waals surface area contributed by atoms with Crippen LogP contribution in [0.15, 0.2) is 11.6 Å². The van der Waals surface area contributed by atoms with Crippen LogP contribution in [0.4, 0.5) is 0 Å². The zero-order chi connectivity index (χ0) is 19.5. The fourth-order valence-corrected chi connectivity index (χ4v) is 9.02. The van der Waals surface area contributed by atoms with Crippen molar-refractivity contribution in [2.24, 2.45) is 46.3 Å². The van der Waals surface area contributed by atoms with E-state index in [9.17, 15) is 19.8 Å². The number of hydrogen-bond donors (Lipinski definition) is 2. The number of hydrogen-bond acceptors (Lipinski definition) is 3. The highest BCUT2D eigenvalue weighted by Gasteiger charge is 2.76. The molecule has 0 aliphatic heterocycles. The number of aliphatic hydroxyl groups is 1. The van der Waals surface area contributed by atoms with Gasteiger partial charge in [0.1, 0.15) is 0 Å². The third-order valence-electron chi connectivity index (χ3n) is 10.4. The molecule has 6 aliphatic rings. The van der Waals surface area contributed by atoms with Gasteiger partial charge in [0.05, 0.1) is 5.60 Å². The summed E-state index contributed by atoms with van der Waals surface area (Å²) in [4.78, 5) is 23.4. The van der Waals surface area contributed by atoms with E-state index >= 15 is 0 Å². The van der Waals surface area contributed by atoms with E-state index in [4.69, 9.17) is 0 Å². The Morgan fingerprint density at radius 3 is 2.68 bits per heavy atom. The molecule has 0 saturated heterocycles. The standard InChI is InChI=1S/C24H32O4/c1-22-6-4-14-15-3-2-13(25)10-18(15)23(8-9-23)12-17(14)21(22)16-11-19(16)24(22,28)7-5-20(26)27/h10,14-17,19,21,28H,2-9,11-12H2,1H3,(H,26,27)/t14-,15-,16+,17-,19-,21+,22+,24+/m1/s1. The van der Waals surface area contributed by atoms with Crippen LogP contribution in [0.5, 0.6) is 0 Å². The van der Waals surface area contributed by atoms with Crippen LogP contribution >= 0.6 is 0 Å². The number of carbonyl (C=O) groups is 2. The number of carbonyl (C=O) groups excluding carboxylic acids is 1. The molecule has 4 heteroatoms. The molecule has 0 aromatic carbocycles. The zero-order valence-electron chi connectivity index (χ0n) is 16.8. The maximum atomic E-state index is 12.1. The predicted octanol–water partition coefficient (Wildman–Crippen LogP) is 3.97. The number of carboxylic acids is 1. The van der Waals surface area contributed by atoms with Crippen LogP contribution in [0.3, 0.4) is 0 Å². The number of fused-ring (bicyclic) bond motifs is 8. The summed E-state index contributed by atoms with van der Waals surface area (Å²) in [6.07, 6.45) is 11.2. The second kappa shape index (κ2) is 5.30. The fraction of sp³-hybridized carbons (Fsp3) is 0.833. The lowest BCUT2D eigenvalue weighted by Crippen LogP contribution is -2.56. The topological polar surface area (TPSA) is 74.6 Å². The molecule has 0 aromatic heterocycles. The van der Waals surface area contributed by atoms with Crippen molar-refractivity contribution < 1.29 is 19.8 Å². The average molecular weight is 385 g/mol. The van der Waals surface area contributed by atoms with Crippen LogP contribution in [0.25, 0.3) is 0 Å². The molecule has 5 fully saturated rings. The van der Waals surface area contributed by atoms with E-state index in [1.165, 1.54) is 24.8 Å². The highest BCUT2D eigenvalue weighted by molar-refractivity contribution is 5.91. The summed E-state index contributed by atoms with van der Waals surface area (Å²) in [5.41, 5.74) is 0.881. The van der Waals surface area contributed by atoms with Crippen molar-refractivity contribution in [3.05, 3.63) is 11.6 Å². The first kappa shape index (κ1) is 17.7. The van der Waals surface area contributed by atoms with Gasteiger partial charge in [0.2, 0.25) is 0 Å². The minimum absolute atomic E-state index is 0.0810. The molecular weight excluding hydrogens is 352 g/mol. The Hall–Kier alpha value is -1.16. The van der Waals surface area contributed by atoms with Gasteiger partial charge in [-0.05, 0) is 104 Å². The number of allylic oxidation sites excluding steroid dienone is 1. The molecule has 28 heavy (non-hydrogen) atoms. The molecule has 0 aromatic rings. The van der Waals surface area contributed by atoms with Gasteiger partial charge in [-0.15, -0.1) is 0 Å². The van der Waals surface area contributed by atoms with Crippen molar-refractivity contribution in [3.8, 4) is 0 Å². The predicted molar refractivity (Wildman–Crippen MR) is 103 cm³/mol. The van der Waals surface area contributed by atoms with Gasteiger partial charge in [-0.25, -0.2) is 0 Å². The summed E-state index contributed by atoms with van der Waals surface area (Å²) < 4.78 is 0. The zero-order valence-corrected chi connectivity index (χ0v) is 16.8. The van der Waals surface area contributed by atoms with Crippen LogP contribution in [0, 0.1) is 46.3 Å².